The van der Waals surface area contributed by atoms with Gasteiger partial charge in [-0.15, -0.1) is 0 Å². The molecule has 0 aliphatic rings. The van der Waals surface area contributed by atoms with E-state index in [1.807, 2.05) is 25.1 Å². The first-order chi connectivity index (χ1) is 11.9. The van der Waals surface area contributed by atoms with Crippen molar-refractivity contribution in [2.24, 2.45) is 0 Å². The maximum absolute atomic E-state index is 13.3. The van der Waals surface area contributed by atoms with Gasteiger partial charge in [0.15, 0.2) is 0 Å². The van der Waals surface area contributed by atoms with Crippen molar-refractivity contribution in [1.29, 1.82) is 5.26 Å². The largest absolute Gasteiger partial charge is 0.392 e. The lowest BCUT2D eigenvalue weighted by Gasteiger charge is -2.32. The Morgan fingerprint density at radius 3 is 2.35 bits per heavy atom. The number of aliphatic hydroxyl groups is 2. The van der Waals surface area contributed by atoms with Crippen LogP contribution < -0.4 is 0 Å². The standard InChI is InChI=1S/C20H23FN2O2.CH4/c1-23(2)11-3-10-20(25,17-5-7-18(21)8-6-17)19-9-4-15(13-22)12-16(19)14-24;/h4-9,12,24-25H,3,10-11,14H2,1-2H3;1H4. The van der Waals surface area contributed by atoms with Crippen LogP contribution in [0.1, 0.15) is 42.5 Å². The highest BCUT2D eigenvalue weighted by Crippen LogP contribution is 2.36. The fraction of sp³-hybridized carbons (Fsp3) is 0.381. The monoisotopic (exact) mass is 358 g/mol. The first-order valence-electron chi connectivity index (χ1n) is 8.18. The molecule has 2 aromatic rings. The zero-order chi connectivity index (χ0) is 18.4. The molecule has 2 aromatic carbocycles. The Hall–Kier alpha value is -2.26. The third-order valence-electron chi connectivity index (χ3n) is 4.32. The fourth-order valence-electron chi connectivity index (χ4n) is 3.01. The van der Waals surface area contributed by atoms with Crippen LogP contribution in [0.3, 0.4) is 0 Å². The molecule has 0 heterocycles. The van der Waals surface area contributed by atoms with E-state index in [0.29, 0.717) is 35.1 Å². The zero-order valence-corrected chi connectivity index (χ0v) is 14.5. The van der Waals surface area contributed by atoms with E-state index in [4.69, 9.17) is 5.26 Å². The molecule has 4 nitrogen and oxygen atoms in total. The number of aliphatic hydroxyl groups excluding tert-OH is 1. The molecule has 0 bridgehead atoms. The molecule has 0 amide bonds. The Morgan fingerprint density at radius 2 is 1.81 bits per heavy atom. The Bertz CT molecular complexity index is 754. The van der Waals surface area contributed by atoms with E-state index in [1.165, 1.54) is 12.1 Å². The normalized spacial score (nSPS) is 13.0. The molecular weight excluding hydrogens is 331 g/mol. The topological polar surface area (TPSA) is 67.5 Å². The molecule has 1 unspecified atom stereocenters. The van der Waals surface area contributed by atoms with E-state index >= 15 is 0 Å². The minimum absolute atomic E-state index is 0. The predicted molar refractivity (Wildman–Crippen MR) is 101 cm³/mol. The highest BCUT2D eigenvalue weighted by molar-refractivity contribution is 5.45. The van der Waals surface area contributed by atoms with Crippen LogP contribution in [0.15, 0.2) is 42.5 Å². The van der Waals surface area contributed by atoms with Crippen molar-refractivity contribution in [2.75, 3.05) is 20.6 Å². The van der Waals surface area contributed by atoms with Gasteiger partial charge in [-0.3, -0.25) is 0 Å². The van der Waals surface area contributed by atoms with Gasteiger partial charge >= 0.3 is 0 Å². The highest BCUT2D eigenvalue weighted by Gasteiger charge is 2.33. The van der Waals surface area contributed by atoms with Crippen molar-refractivity contribution in [3.8, 4) is 6.07 Å². The van der Waals surface area contributed by atoms with Gasteiger partial charge in [0.25, 0.3) is 0 Å². The number of rotatable bonds is 7. The molecule has 0 radical (unpaired) electrons. The average Bonchev–Trinajstić information content (AvgIpc) is 2.61. The second-order valence-corrected chi connectivity index (χ2v) is 6.42. The van der Waals surface area contributed by atoms with E-state index in [-0.39, 0.29) is 19.9 Å². The van der Waals surface area contributed by atoms with Gasteiger partial charge < -0.3 is 15.1 Å². The van der Waals surface area contributed by atoms with Crippen LogP contribution in [0.25, 0.3) is 0 Å². The second kappa shape index (κ2) is 9.44. The summed E-state index contributed by atoms with van der Waals surface area (Å²) >= 11 is 0. The molecule has 0 aliphatic heterocycles. The molecule has 0 aliphatic carbocycles. The van der Waals surface area contributed by atoms with E-state index in [1.54, 1.807) is 30.3 Å². The average molecular weight is 358 g/mol. The molecule has 0 spiro atoms. The summed E-state index contributed by atoms with van der Waals surface area (Å²) in [7, 11) is 3.91. The number of hydrogen-bond donors (Lipinski definition) is 2. The minimum atomic E-state index is -1.37. The summed E-state index contributed by atoms with van der Waals surface area (Å²) in [5, 5.41) is 30.3. The minimum Gasteiger partial charge on any atom is -0.392 e. The summed E-state index contributed by atoms with van der Waals surface area (Å²) in [5.74, 6) is -0.374. The van der Waals surface area contributed by atoms with Crippen molar-refractivity contribution in [3.05, 3.63) is 70.5 Å². The summed E-state index contributed by atoms with van der Waals surface area (Å²) in [5.41, 5.74) is 0.653. The number of benzene rings is 2. The highest BCUT2D eigenvalue weighted by atomic mass is 19.1. The Morgan fingerprint density at radius 1 is 1.15 bits per heavy atom. The lowest BCUT2D eigenvalue weighted by molar-refractivity contribution is 0.0641. The van der Waals surface area contributed by atoms with Crippen LogP contribution >= 0.6 is 0 Å². The Labute approximate surface area is 155 Å². The third kappa shape index (κ3) is 4.89. The van der Waals surface area contributed by atoms with Gasteiger partial charge in [0.05, 0.1) is 18.2 Å². The smallest absolute Gasteiger partial charge is 0.123 e. The van der Waals surface area contributed by atoms with Crippen molar-refractivity contribution in [3.63, 3.8) is 0 Å². The van der Waals surface area contributed by atoms with Gasteiger partial charge in [-0.25, -0.2) is 4.39 Å². The molecular formula is C21H27FN2O2. The molecule has 26 heavy (non-hydrogen) atoms. The first-order valence-corrected chi connectivity index (χ1v) is 8.18. The molecule has 140 valence electrons. The van der Waals surface area contributed by atoms with E-state index in [2.05, 4.69) is 0 Å². The van der Waals surface area contributed by atoms with Crippen molar-refractivity contribution < 1.29 is 14.6 Å². The van der Waals surface area contributed by atoms with Gasteiger partial charge in [0.1, 0.15) is 11.4 Å². The number of nitriles is 1. The second-order valence-electron chi connectivity index (χ2n) is 6.42. The summed E-state index contributed by atoms with van der Waals surface area (Å²) in [6.45, 7) is 0.496. The molecule has 2 N–H and O–H groups in total. The summed E-state index contributed by atoms with van der Waals surface area (Å²) < 4.78 is 13.3. The zero-order valence-electron chi connectivity index (χ0n) is 14.5. The predicted octanol–water partition coefficient (Wildman–Crippen LogP) is 3.40. The molecule has 0 aromatic heterocycles. The lowest BCUT2D eigenvalue weighted by Crippen LogP contribution is -2.30. The molecule has 2 rings (SSSR count). The first kappa shape index (κ1) is 21.8. The number of halogens is 1. The van der Waals surface area contributed by atoms with Gasteiger partial charge in [-0.1, -0.05) is 25.6 Å². The molecule has 0 saturated heterocycles. The van der Waals surface area contributed by atoms with Crippen LogP contribution in [0.4, 0.5) is 4.39 Å². The number of nitrogens with zero attached hydrogens (tertiary/aromatic N) is 2. The number of hydrogen-bond acceptors (Lipinski definition) is 4. The lowest BCUT2D eigenvalue weighted by atomic mass is 9.80. The molecule has 5 heteroatoms. The summed E-state index contributed by atoms with van der Waals surface area (Å²) in [6, 6.07) is 12.7. The third-order valence-corrected chi connectivity index (χ3v) is 4.32. The van der Waals surface area contributed by atoms with Crippen molar-refractivity contribution in [1.82, 2.24) is 4.90 Å². The fourth-order valence-corrected chi connectivity index (χ4v) is 3.01. The maximum Gasteiger partial charge on any atom is 0.123 e. The van der Waals surface area contributed by atoms with Gasteiger partial charge in [0, 0.05) is 0 Å². The van der Waals surface area contributed by atoms with Crippen LogP contribution in [0.5, 0.6) is 0 Å². The Balaban J connectivity index is 0.00000338. The Kier molecular flexibility index (Phi) is 7.91. The van der Waals surface area contributed by atoms with E-state index < -0.39 is 5.60 Å². The molecule has 0 fully saturated rings. The van der Waals surface area contributed by atoms with Gasteiger partial charge in [0.2, 0.25) is 0 Å². The van der Waals surface area contributed by atoms with Crippen LogP contribution in [-0.4, -0.2) is 35.8 Å². The van der Waals surface area contributed by atoms with Crippen molar-refractivity contribution >= 4 is 0 Å². The molecule has 0 saturated carbocycles. The summed E-state index contributed by atoms with van der Waals surface area (Å²) in [6.07, 6.45) is 1.13. The van der Waals surface area contributed by atoms with Crippen molar-refractivity contribution in [2.45, 2.75) is 32.5 Å². The van der Waals surface area contributed by atoms with Crippen LogP contribution in [0.2, 0.25) is 0 Å². The SMILES string of the molecule is C.CN(C)CCCC(O)(c1ccc(F)cc1)c1ccc(C#N)cc1CO. The van der Waals surface area contributed by atoms with E-state index in [0.717, 1.165) is 6.54 Å². The van der Waals surface area contributed by atoms with Gasteiger partial charge in [-0.2, -0.15) is 5.26 Å². The quantitative estimate of drug-likeness (QED) is 0.796. The van der Waals surface area contributed by atoms with Crippen LogP contribution in [0, 0.1) is 17.1 Å². The summed E-state index contributed by atoms with van der Waals surface area (Å²) in [4.78, 5) is 2.02. The molecule has 1 atom stereocenters. The van der Waals surface area contributed by atoms with Gasteiger partial charge in [-0.05, 0) is 74.4 Å². The van der Waals surface area contributed by atoms with Crippen LogP contribution in [-0.2, 0) is 12.2 Å². The maximum atomic E-state index is 13.3. The van der Waals surface area contributed by atoms with E-state index in [9.17, 15) is 14.6 Å².